The zero-order chi connectivity index (χ0) is 17.8. The second-order valence-electron chi connectivity index (χ2n) is 5.55. The first kappa shape index (κ1) is 17.2. The molecule has 1 aromatic heterocycles. The van der Waals surface area contributed by atoms with Crippen molar-refractivity contribution in [2.45, 2.75) is 6.42 Å². The molecule has 3 aromatic rings. The molecule has 2 N–H and O–H groups in total. The zero-order valence-electron chi connectivity index (χ0n) is 14.1. The monoisotopic (exact) mass is 358 g/mol. The van der Waals surface area contributed by atoms with E-state index in [9.17, 15) is 4.79 Å². The summed E-state index contributed by atoms with van der Waals surface area (Å²) < 4.78 is 10.4. The lowest BCUT2D eigenvalue weighted by Crippen LogP contribution is -2.26. The first-order chi connectivity index (χ1) is 12.1. The van der Waals surface area contributed by atoms with Crippen LogP contribution in [0.2, 0.25) is 5.02 Å². The standard InChI is InChI=1S/C19H19ClN2O3/c1-24-13-6-7-15(17(10-13)25-2)19(23)21-9-8-12-11-22-18-14(12)4-3-5-16(18)20/h3-7,10-11,22H,8-9H2,1-2H3,(H,21,23). The Hall–Kier alpha value is -2.66. The second kappa shape index (κ2) is 7.49. The summed E-state index contributed by atoms with van der Waals surface area (Å²) in [6, 6.07) is 10.9. The number of hydrogen-bond donors (Lipinski definition) is 2. The normalized spacial score (nSPS) is 10.7. The number of benzene rings is 2. The van der Waals surface area contributed by atoms with Crippen molar-refractivity contribution in [1.82, 2.24) is 10.3 Å². The SMILES string of the molecule is COc1ccc(C(=O)NCCc2c[nH]c3c(Cl)cccc23)c(OC)c1. The van der Waals surface area contributed by atoms with Crippen molar-refractivity contribution < 1.29 is 14.3 Å². The number of amides is 1. The predicted molar refractivity (Wildman–Crippen MR) is 98.9 cm³/mol. The van der Waals surface area contributed by atoms with E-state index in [1.165, 1.54) is 7.11 Å². The highest BCUT2D eigenvalue weighted by atomic mass is 35.5. The van der Waals surface area contributed by atoms with Crippen LogP contribution in [-0.2, 0) is 6.42 Å². The van der Waals surface area contributed by atoms with Crippen LogP contribution in [0.4, 0.5) is 0 Å². The van der Waals surface area contributed by atoms with Crippen molar-refractivity contribution in [1.29, 1.82) is 0 Å². The molecule has 0 saturated carbocycles. The van der Waals surface area contributed by atoms with Crippen LogP contribution in [0.25, 0.3) is 10.9 Å². The summed E-state index contributed by atoms with van der Waals surface area (Å²) in [6.07, 6.45) is 2.63. The van der Waals surface area contributed by atoms with E-state index in [1.807, 2.05) is 24.4 Å². The van der Waals surface area contributed by atoms with Crippen molar-refractivity contribution in [2.75, 3.05) is 20.8 Å². The number of para-hydroxylation sites is 1. The van der Waals surface area contributed by atoms with E-state index >= 15 is 0 Å². The average Bonchev–Trinajstić information content (AvgIpc) is 3.05. The molecule has 1 heterocycles. The molecule has 0 spiro atoms. The molecular weight excluding hydrogens is 340 g/mol. The number of methoxy groups -OCH3 is 2. The van der Waals surface area contributed by atoms with Gasteiger partial charge in [-0.3, -0.25) is 4.79 Å². The first-order valence-electron chi connectivity index (χ1n) is 7.88. The number of aromatic nitrogens is 1. The number of halogens is 1. The topological polar surface area (TPSA) is 63.3 Å². The van der Waals surface area contributed by atoms with Crippen molar-refractivity contribution in [3.05, 3.63) is 58.7 Å². The number of ether oxygens (including phenoxy) is 2. The fourth-order valence-corrected chi connectivity index (χ4v) is 3.00. The van der Waals surface area contributed by atoms with Gasteiger partial charge in [-0.25, -0.2) is 0 Å². The van der Waals surface area contributed by atoms with Crippen LogP contribution in [0.1, 0.15) is 15.9 Å². The van der Waals surface area contributed by atoms with Crippen molar-refractivity contribution in [3.63, 3.8) is 0 Å². The minimum absolute atomic E-state index is 0.183. The third-order valence-corrected chi connectivity index (χ3v) is 4.40. The van der Waals surface area contributed by atoms with E-state index in [4.69, 9.17) is 21.1 Å². The molecule has 0 unspecified atom stereocenters. The smallest absolute Gasteiger partial charge is 0.255 e. The summed E-state index contributed by atoms with van der Waals surface area (Å²) in [5.74, 6) is 0.942. The Kier molecular flexibility index (Phi) is 5.14. The largest absolute Gasteiger partial charge is 0.497 e. The summed E-state index contributed by atoms with van der Waals surface area (Å²) in [7, 11) is 3.10. The molecular formula is C19H19ClN2O3. The number of fused-ring (bicyclic) bond motifs is 1. The van der Waals surface area contributed by atoms with Crippen molar-refractivity contribution in [3.8, 4) is 11.5 Å². The molecule has 3 rings (SSSR count). The highest BCUT2D eigenvalue weighted by Crippen LogP contribution is 2.26. The highest BCUT2D eigenvalue weighted by molar-refractivity contribution is 6.35. The average molecular weight is 359 g/mol. The van der Waals surface area contributed by atoms with Crippen LogP contribution < -0.4 is 14.8 Å². The first-order valence-corrected chi connectivity index (χ1v) is 8.26. The third kappa shape index (κ3) is 3.56. The number of carbonyl (C=O) groups excluding carboxylic acids is 1. The van der Waals surface area contributed by atoms with Gasteiger partial charge in [-0.05, 0) is 30.2 Å². The molecule has 0 saturated heterocycles. The van der Waals surface area contributed by atoms with E-state index in [2.05, 4.69) is 10.3 Å². The Bertz CT molecular complexity index is 905. The summed E-state index contributed by atoms with van der Waals surface area (Å²) >= 11 is 6.17. The van der Waals surface area contributed by atoms with Gasteiger partial charge in [0.1, 0.15) is 11.5 Å². The van der Waals surface area contributed by atoms with Gasteiger partial charge in [-0.1, -0.05) is 23.7 Å². The third-order valence-electron chi connectivity index (χ3n) is 4.08. The number of H-pyrrole nitrogens is 1. The van der Waals surface area contributed by atoms with Gasteiger partial charge in [0.25, 0.3) is 5.91 Å². The Morgan fingerprint density at radius 3 is 2.80 bits per heavy atom. The minimum Gasteiger partial charge on any atom is -0.497 e. The Balaban J connectivity index is 1.67. The number of rotatable bonds is 6. The molecule has 0 radical (unpaired) electrons. The van der Waals surface area contributed by atoms with E-state index in [-0.39, 0.29) is 5.91 Å². The maximum Gasteiger partial charge on any atom is 0.255 e. The molecule has 0 aliphatic carbocycles. The Morgan fingerprint density at radius 1 is 1.20 bits per heavy atom. The zero-order valence-corrected chi connectivity index (χ0v) is 14.8. The molecule has 0 aliphatic rings. The van der Waals surface area contributed by atoms with E-state index in [0.29, 0.717) is 35.1 Å². The summed E-state index contributed by atoms with van der Waals surface area (Å²) in [5, 5.41) is 4.69. The number of carbonyl (C=O) groups is 1. The van der Waals surface area contributed by atoms with Gasteiger partial charge in [0.2, 0.25) is 0 Å². The second-order valence-corrected chi connectivity index (χ2v) is 5.96. The molecule has 0 bridgehead atoms. The van der Waals surface area contributed by atoms with E-state index in [1.54, 1.807) is 25.3 Å². The molecule has 130 valence electrons. The van der Waals surface area contributed by atoms with E-state index < -0.39 is 0 Å². The van der Waals surface area contributed by atoms with Gasteiger partial charge < -0.3 is 19.8 Å². The van der Waals surface area contributed by atoms with Crippen LogP contribution >= 0.6 is 11.6 Å². The van der Waals surface area contributed by atoms with Gasteiger partial charge in [0.05, 0.1) is 30.3 Å². The molecule has 0 atom stereocenters. The maximum absolute atomic E-state index is 12.4. The fraction of sp³-hybridized carbons (Fsp3) is 0.211. The van der Waals surface area contributed by atoms with Crippen LogP contribution in [0.3, 0.4) is 0 Å². The van der Waals surface area contributed by atoms with Gasteiger partial charge in [-0.2, -0.15) is 0 Å². The lowest BCUT2D eigenvalue weighted by Gasteiger charge is -2.10. The number of hydrogen-bond acceptors (Lipinski definition) is 3. The Morgan fingerprint density at radius 2 is 2.04 bits per heavy atom. The van der Waals surface area contributed by atoms with Crippen molar-refractivity contribution in [2.24, 2.45) is 0 Å². The lowest BCUT2D eigenvalue weighted by molar-refractivity contribution is 0.0951. The molecule has 2 aromatic carbocycles. The summed E-state index contributed by atoms with van der Waals surface area (Å²) in [6.45, 7) is 0.507. The van der Waals surface area contributed by atoms with Gasteiger partial charge in [0, 0.05) is 24.2 Å². The van der Waals surface area contributed by atoms with Crippen LogP contribution in [-0.4, -0.2) is 31.7 Å². The predicted octanol–water partition coefficient (Wildman–Crippen LogP) is 3.81. The molecule has 0 fully saturated rings. The van der Waals surface area contributed by atoms with Gasteiger partial charge in [0.15, 0.2) is 0 Å². The molecule has 1 amide bonds. The summed E-state index contributed by atoms with van der Waals surface area (Å²) in [5.41, 5.74) is 2.51. The molecule has 6 heteroatoms. The van der Waals surface area contributed by atoms with Gasteiger partial charge >= 0.3 is 0 Å². The van der Waals surface area contributed by atoms with E-state index in [0.717, 1.165) is 16.5 Å². The summed E-state index contributed by atoms with van der Waals surface area (Å²) in [4.78, 5) is 15.6. The minimum atomic E-state index is -0.183. The molecule has 25 heavy (non-hydrogen) atoms. The molecule has 5 nitrogen and oxygen atoms in total. The number of aromatic amines is 1. The quantitative estimate of drug-likeness (QED) is 0.704. The van der Waals surface area contributed by atoms with Crippen LogP contribution in [0.15, 0.2) is 42.6 Å². The van der Waals surface area contributed by atoms with Crippen LogP contribution in [0, 0.1) is 0 Å². The maximum atomic E-state index is 12.4. The van der Waals surface area contributed by atoms with Crippen molar-refractivity contribution >= 4 is 28.4 Å². The van der Waals surface area contributed by atoms with Crippen LogP contribution in [0.5, 0.6) is 11.5 Å². The lowest BCUT2D eigenvalue weighted by atomic mass is 10.1. The highest BCUT2D eigenvalue weighted by Gasteiger charge is 2.13. The number of nitrogens with one attached hydrogen (secondary N) is 2. The Labute approximate surface area is 150 Å². The fourth-order valence-electron chi connectivity index (χ4n) is 2.77. The molecule has 0 aliphatic heterocycles. The van der Waals surface area contributed by atoms with Gasteiger partial charge in [-0.15, -0.1) is 0 Å².